The number of halogens is 1. The van der Waals surface area contributed by atoms with Gasteiger partial charge in [-0.05, 0) is 66.6 Å². The molecule has 0 amide bonds. The maximum atomic E-state index is 14.6. The van der Waals surface area contributed by atoms with Crippen LogP contribution in [0.4, 0.5) is 4.39 Å². The number of aryl methyl sites for hydroxylation is 1. The highest BCUT2D eigenvalue weighted by molar-refractivity contribution is 5.92. The van der Waals surface area contributed by atoms with Crippen LogP contribution in [0.2, 0.25) is 0 Å². The van der Waals surface area contributed by atoms with Crippen LogP contribution in [0.3, 0.4) is 0 Å². The van der Waals surface area contributed by atoms with E-state index in [0.29, 0.717) is 11.5 Å². The summed E-state index contributed by atoms with van der Waals surface area (Å²) >= 11 is 0. The molecule has 0 aliphatic carbocycles. The van der Waals surface area contributed by atoms with E-state index in [2.05, 4.69) is 45.0 Å². The zero-order valence-electron chi connectivity index (χ0n) is 21.6. The zero-order valence-corrected chi connectivity index (χ0v) is 21.6. The Hall–Kier alpha value is -3.47. The van der Waals surface area contributed by atoms with Crippen LogP contribution in [0.1, 0.15) is 79.7 Å². The van der Waals surface area contributed by atoms with Crippen molar-refractivity contribution >= 4 is 11.9 Å². The Labute approximate surface area is 213 Å². The van der Waals surface area contributed by atoms with Gasteiger partial charge in [0.05, 0.1) is 17.2 Å². The van der Waals surface area contributed by atoms with Crippen molar-refractivity contribution in [1.82, 2.24) is 0 Å². The van der Waals surface area contributed by atoms with Crippen molar-refractivity contribution in [2.24, 2.45) is 5.92 Å². The van der Waals surface area contributed by atoms with Gasteiger partial charge in [0.1, 0.15) is 11.6 Å². The first-order valence-electron chi connectivity index (χ1n) is 12.8. The molecule has 3 rings (SSSR count). The fourth-order valence-corrected chi connectivity index (χ4v) is 4.23. The standard InChI is InChI=1S/C31H35FO4/c1-5-8-23-9-11-24(12-10-23)25-13-15-26(16-14-25)30(33)36-27-17-18-28(29(32)20-27)31(34)35-21(4)19-22(6-2)7-3/h9-18,20-22H,5-8,19H2,1-4H3/t21-/m1/s1. The van der Waals surface area contributed by atoms with E-state index in [9.17, 15) is 14.0 Å². The average molecular weight is 491 g/mol. The largest absolute Gasteiger partial charge is 0.459 e. The number of rotatable bonds is 11. The van der Waals surface area contributed by atoms with Crippen LogP contribution < -0.4 is 4.74 Å². The van der Waals surface area contributed by atoms with E-state index in [4.69, 9.17) is 9.47 Å². The van der Waals surface area contributed by atoms with Crippen LogP contribution in [0, 0.1) is 11.7 Å². The second-order valence-electron chi connectivity index (χ2n) is 9.19. The van der Waals surface area contributed by atoms with Crippen molar-refractivity contribution in [2.75, 3.05) is 0 Å². The number of benzene rings is 3. The molecule has 0 saturated heterocycles. The van der Waals surface area contributed by atoms with Crippen LogP contribution in [0.15, 0.2) is 66.7 Å². The van der Waals surface area contributed by atoms with Gasteiger partial charge in [-0.3, -0.25) is 0 Å². The molecule has 0 aliphatic heterocycles. The Morgan fingerprint density at radius 2 is 1.44 bits per heavy atom. The number of carbonyl (C=O) groups is 2. The van der Waals surface area contributed by atoms with E-state index < -0.39 is 17.8 Å². The number of hydrogen-bond acceptors (Lipinski definition) is 4. The first-order valence-corrected chi connectivity index (χ1v) is 12.8. The normalized spacial score (nSPS) is 11.8. The molecule has 0 radical (unpaired) electrons. The third kappa shape index (κ3) is 7.27. The fraction of sp³-hybridized carbons (Fsp3) is 0.355. The van der Waals surface area contributed by atoms with E-state index in [1.54, 1.807) is 12.1 Å². The molecule has 3 aromatic rings. The zero-order chi connectivity index (χ0) is 26.1. The van der Waals surface area contributed by atoms with Gasteiger partial charge in [0, 0.05) is 6.07 Å². The third-order valence-corrected chi connectivity index (χ3v) is 6.45. The Morgan fingerprint density at radius 3 is 2.00 bits per heavy atom. The highest BCUT2D eigenvalue weighted by atomic mass is 19.1. The van der Waals surface area contributed by atoms with Crippen molar-refractivity contribution in [1.29, 1.82) is 0 Å². The molecule has 190 valence electrons. The Bertz CT molecular complexity index is 1150. The molecule has 0 aliphatic rings. The average Bonchev–Trinajstić information content (AvgIpc) is 2.88. The van der Waals surface area contributed by atoms with Crippen molar-refractivity contribution < 1.29 is 23.5 Å². The van der Waals surface area contributed by atoms with Crippen molar-refractivity contribution in [3.8, 4) is 16.9 Å². The molecule has 0 fully saturated rings. The van der Waals surface area contributed by atoms with Crippen molar-refractivity contribution in [3.63, 3.8) is 0 Å². The van der Waals surface area contributed by atoms with Gasteiger partial charge in [0.25, 0.3) is 0 Å². The molecule has 0 unspecified atom stereocenters. The lowest BCUT2D eigenvalue weighted by atomic mass is 9.97. The van der Waals surface area contributed by atoms with E-state index >= 15 is 0 Å². The summed E-state index contributed by atoms with van der Waals surface area (Å²) in [5.74, 6) is -1.63. The summed E-state index contributed by atoms with van der Waals surface area (Å²) in [6, 6.07) is 19.2. The van der Waals surface area contributed by atoms with Gasteiger partial charge in [-0.15, -0.1) is 0 Å². The van der Waals surface area contributed by atoms with Crippen LogP contribution in [0.5, 0.6) is 5.75 Å². The molecular formula is C31H35FO4. The van der Waals surface area contributed by atoms with Gasteiger partial charge >= 0.3 is 11.9 Å². The highest BCUT2D eigenvalue weighted by Gasteiger charge is 2.20. The maximum absolute atomic E-state index is 14.6. The van der Waals surface area contributed by atoms with E-state index in [-0.39, 0.29) is 17.4 Å². The molecule has 5 heteroatoms. The SMILES string of the molecule is CCCc1ccc(-c2ccc(C(=O)Oc3ccc(C(=O)O[C@H](C)CC(CC)CC)c(F)c3)cc2)cc1. The summed E-state index contributed by atoms with van der Waals surface area (Å²) in [4.78, 5) is 25.0. The molecule has 36 heavy (non-hydrogen) atoms. The predicted molar refractivity (Wildman–Crippen MR) is 141 cm³/mol. The molecule has 0 N–H and O–H groups in total. The minimum atomic E-state index is -0.790. The molecule has 0 spiro atoms. The van der Waals surface area contributed by atoms with Crippen molar-refractivity contribution in [2.45, 2.75) is 65.9 Å². The number of ether oxygens (including phenoxy) is 2. The summed E-state index contributed by atoms with van der Waals surface area (Å²) in [7, 11) is 0. The summed E-state index contributed by atoms with van der Waals surface area (Å²) in [5, 5.41) is 0. The highest BCUT2D eigenvalue weighted by Crippen LogP contribution is 2.24. The molecule has 0 heterocycles. The number of carbonyl (C=O) groups excluding carboxylic acids is 2. The lowest BCUT2D eigenvalue weighted by Crippen LogP contribution is -2.19. The Balaban J connectivity index is 1.61. The topological polar surface area (TPSA) is 52.6 Å². The molecule has 0 saturated carbocycles. The van der Waals surface area contributed by atoms with Crippen molar-refractivity contribution in [3.05, 3.63) is 89.2 Å². The van der Waals surface area contributed by atoms with Gasteiger partial charge in [0.2, 0.25) is 0 Å². The van der Waals surface area contributed by atoms with E-state index in [1.807, 2.05) is 19.1 Å². The summed E-state index contributed by atoms with van der Waals surface area (Å²) < 4.78 is 25.4. The summed E-state index contributed by atoms with van der Waals surface area (Å²) in [6.45, 7) is 8.17. The van der Waals surface area contributed by atoms with Gasteiger partial charge in [-0.1, -0.05) is 76.4 Å². The monoisotopic (exact) mass is 490 g/mol. The molecule has 4 nitrogen and oxygen atoms in total. The maximum Gasteiger partial charge on any atom is 0.343 e. The van der Waals surface area contributed by atoms with Crippen LogP contribution in [0.25, 0.3) is 11.1 Å². The first-order chi connectivity index (χ1) is 17.3. The molecular weight excluding hydrogens is 455 g/mol. The molecule has 3 aromatic carbocycles. The fourth-order valence-electron chi connectivity index (χ4n) is 4.23. The smallest absolute Gasteiger partial charge is 0.343 e. The second-order valence-corrected chi connectivity index (χ2v) is 9.19. The van der Waals surface area contributed by atoms with Gasteiger partial charge in [0.15, 0.2) is 0 Å². The van der Waals surface area contributed by atoms with Crippen LogP contribution in [-0.4, -0.2) is 18.0 Å². The summed E-state index contributed by atoms with van der Waals surface area (Å²) in [5.41, 5.74) is 3.51. The predicted octanol–water partition coefficient (Wildman–Crippen LogP) is 8.04. The minimum absolute atomic E-state index is 0.0229. The number of hydrogen-bond donors (Lipinski definition) is 0. The number of esters is 2. The third-order valence-electron chi connectivity index (χ3n) is 6.45. The van der Waals surface area contributed by atoms with Gasteiger partial charge < -0.3 is 9.47 Å². The Morgan fingerprint density at radius 1 is 0.833 bits per heavy atom. The van der Waals surface area contributed by atoms with Crippen LogP contribution in [-0.2, 0) is 11.2 Å². The molecule has 0 bridgehead atoms. The second kappa shape index (κ2) is 13.0. The van der Waals surface area contributed by atoms with Gasteiger partial charge in [-0.2, -0.15) is 0 Å². The lowest BCUT2D eigenvalue weighted by molar-refractivity contribution is 0.0280. The quantitative estimate of drug-likeness (QED) is 0.202. The van der Waals surface area contributed by atoms with E-state index in [0.717, 1.165) is 49.3 Å². The summed E-state index contributed by atoms with van der Waals surface area (Å²) in [6.07, 6.45) is 4.58. The molecule has 1 atom stereocenters. The minimum Gasteiger partial charge on any atom is -0.459 e. The molecule has 0 aromatic heterocycles. The Kier molecular flexibility index (Phi) is 9.80. The lowest BCUT2D eigenvalue weighted by Gasteiger charge is -2.19. The van der Waals surface area contributed by atoms with E-state index in [1.165, 1.54) is 17.7 Å². The first kappa shape index (κ1) is 27.1. The van der Waals surface area contributed by atoms with Gasteiger partial charge in [-0.25, -0.2) is 14.0 Å². The van der Waals surface area contributed by atoms with Crippen LogP contribution >= 0.6 is 0 Å².